The van der Waals surface area contributed by atoms with E-state index >= 15 is 0 Å². The number of allylic oxidation sites excluding steroid dienone is 1. The molecule has 202 valence electrons. The number of hydrogen-bond donors (Lipinski definition) is 1. The van der Waals surface area contributed by atoms with Crippen molar-refractivity contribution in [2.24, 2.45) is 0 Å². The zero-order chi connectivity index (χ0) is 27.9. The Balaban J connectivity index is 1.54. The van der Waals surface area contributed by atoms with Crippen LogP contribution in [0, 0.1) is 5.82 Å². The summed E-state index contributed by atoms with van der Waals surface area (Å²) in [6, 6.07) is 22.0. The van der Waals surface area contributed by atoms with Gasteiger partial charge in [-0.3, -0.25) is 9.40 Å². The molecule has 2 aromatic heterocycles. The molecule has 0 fully saturated rings. The van der Waals surface area contributed by atoms with Crippen molar-refractivity contribution in [2.45, 2.75) is 26.5 Å². The number of nitrogens with zero attached hydrogens (tertiary/aromatic N) is 3. The summed E-state index contributed by atoms with van der Waals surface area (Å²) in [5.41, 5.74) is 8.20. The van der Waals surface area contributed by atoms with Crippen LogP contribution in [0.4, 0.5) is 10.1 Å². The van der Waals surface area contributed by atoms with Gasteiger partial charge in [0.2, 0.25) is 15.9 Å². The monoisotopic (exact) mass is 554 g/mol. The zero-order valence-electron chi connectivity index (χ0n) is 22.1. The highest BCUT2D eigenvalue weighted by Gasteiger charge is 2.25. The zero-order valence-corrected chi connectivity index (χ0v) is 22.9. The number of anilines is 1. The number of nitrogens with one attached hydrogen (secondary N) is 1. The van der Waals surface area contributed by atoms with Crippen LogP contribution >= 0.6 is 0 Å². The molecule has 0 aliphatic carbocycles. The summed E-state index contributed by atoms with van der Waals surface area (Å²) in [5.74, 6) is 0.274. The molecular formula is C31H27FN4O3S. The van der Waals surface area contributed by atoms with Crippen LogP contribution in [0.15, 0.2) is 85.2 Å². The Morgan fingerprint density at radius 3 is 2.65 bits per heavy atom. The van der Waals surface area contributed by atoms with E-state index in [4.69, 9.17) is 4.74 Å². The molecule has 9 heteroatoms. The summed E-state index contributed by atoms with van der Waals surface area (Å²) in [7, 11) is -3.43. The highest BCUT2D eigenvalue weighted by molar-refractivity contribution is 7.92. The van der Waals surface area contributed by atoms with Gasteiger partial charge in [-0.25, -0.2) is 17.8 Å². The molecule has 1 N–H and O–H groups in total. The topological polar surface area (TPSA) is 86.1 Å². The van der Waals surface area contributed by atoms with Crippen molar-refractivity contribution in [1.29, 1.82) is 0 Å². The number of rotatable bonds is 6. The molecule has 0 radical (unpaired) electrons. The van der Waals surface area contributed by atoms with Crippen molar-refractivity contribution in [1.82, 2.24) is 14.8 Å². The Morgan fingerprint density at radius 1 is 1.05 bits per heavy atom. The first-order valence-corrected chi connectivity index (χ1v) is 14.8. The van der Waals surface area contributed by atoms with E-state index in [2.05, 4.69) is 33.9 Å². The second-order valence-electron chi connectivity index (χ2n) is 9.80. The SMILES string of the molecule is CC/C(=C1\c2cc3cnn(Cc4ccc(F)cc4)c3cc2COc2ncccc21)c1cccc(NS(C)(=O)=O)c1. The summed E-state index contributed by atoms with van der Waals surface area (Å²) in [5, 5.41) is 5.60. The minimum Gasteiger partial charge on any atom is -0.472 e. The molecule has 3 aromatic carbocycles. The standard InChI is InChI=1S/C31H27FN4O3S/c1-3-26(21-6-4-7-25(14-21)35-40(2,37)38)30-27-8-5-13-33-31(27)39-19-23-16-29-22(15-28(23)30)17-34-36(29)18-20-9-11-24(32)12-10-20/h4-17,35H,3,18-19H2,1-2H3/b30-26+. The maximum atomic E-state index is 13.4. The molecule has 0 saturated carbocycles. The van der Waals surface area contributed by atoms with Crippen LogP contribution in [0.3, 0.4) is 0 Å². The van der Waals surface area contributed by atoms with Gasteiger partial charge in [0.05, 0.1) is 24.5 Å². The van der Waals surface area contributed by atoms with Gasteiger partial charge in [0.25, 0.3) is 0 Å². The first kappa shape index (κ1) is 25.8. The van der Waals surface area contributed by atoms with Gasteiger partial charge in [0.15, 0.2) is 0 Å². The second kappa shape index (κ2) is 10.2. The average Bonchev–Trinajstić information content (AvgIpc) is 3.24. The van der Waals surface area contributed by atoms with E-state index in [1.54, 1.807) is 24.4 Å². The average molecular weight is 555 g/mol. The van der Waals surface area contributed by atoms with Gasteiger partial charge in [0.1, 0.15) is 12.4 Å². The Morgan fingerprint density at radius 2 is 1.88 bits per heavy atom. The van der Waals surface area contributed by atoms with Gasteiger partial charge in [-0.15, -0.1) is 0 Å². The van der Waals surface area contributed by atoms with Gasteiger partial charge in [-0.1, -0.05) is 31.2 Å². The Labute approximate surface area is 232 Å². The summed E-state index contributed by atoms with van der Waals surface area (Å²) >= 11 is 0. The summed E-state index contributed by atoms with van der Waals surface area (Å²) in [6.45, 7) is 2.92. The number of halogens is 1. The molecule has 7 nitrogen and oxygen atoms in total. The number of hydrogen-bond acceptors (Lipinski definition) is 5. The molecule has 5 aromatic rings. The van der Waals surface area contributed by atoms with Crippen LogP contribution < -0.4 is 9.46 Å². The summed E-state index contributed by atoms with van der Waals surface area (Å²) in [6.07, 6.45) is 5.38. The fourth-order valence-electron chi connectivity index (χ4n) is 5.23. The molecular weight excluding hydrogens is 527 g/mol. The summed E-state index contributed by atoms with van der Waals surface area (Å²) < 4.78 is 48.0. The predicted molar refractivity (Wildman–Crippen MR) is 155 cm³/mol. The van der Waals surface area contributed by atoms with E-state index in [1.165, 1.54) is 12.1 Å². The second-order valence-corrected chi connectivity index (χ2v) is 11.6. The maximum Gasteiger partial charge on any atom is 0.229 e. The van der Waals surface area contributed by atoms with Gasteiger partial charge in [-0.2, -0.15) is 5.10 Å². The number of sulfonamides is 1. The third-order valence-electron chi connectivity index (χ3n) is 6.96. The molecule has 40 heavy (non-hydrogen) atoms. The van der Waals surface area contributed by atoms with Crippen molar-refractivity contribution in [3.63, 3.8) is 0 Å². The highest BCUT2D eigenvalue weighted by atomic mass is 32.2. The van der Waals surface area contributed by atoms with Crippen molar-refractivity contribution in [2.75, 3.05) is 11.0 Å². The quantitative estimate of drug-likeness (QED) is 0.268. The number of fused-ring (bicyclic) bond motifs is 3. The lowest BCUT2D eigenvalue weighted by molar-refractivity contribution is 0.295. The van der Waals surface area contributed by atoms with Crippen LogP contribution in [0.25, 0.3) is 22.0 Å². The van der Waals surface area contributed by atoms with Gasteiger partial charge in [-0.05, 0) is 88.4 Å². The lowest BCUT2D eigenvalue weighted by atomic mass is 9.86. The molecule has 0 bridgehead atoms. The van der Waals surface area contributed by atoms with Gasteiger partial charge >= 0.3 is 0 Å². The molecule has 3 heterocycles. The number of ether oxygens (including phenoxy) is 1. The fourth-order valence-corrected chi connectivity index (χ4v) is 5.79. The number of pyridine rings is 1. The maximum absolute atomic E-state index is 13.4. The molecule has 6 rings (SSSR count). The van der Waals surface area contributed by atoms with Gasteiger partial charge < -0.3 is 4.74 Å². The molecule has 0 amide bonds. The molecule has 0 saturated heterocycles. The van der Waals surface area contributed by atoms with E-state index in [9.17, 15) is 12.8 Å². The smallest absolute Gasteiger partial charge is 0.229 e. The molecule has 0 unspecified atom stereocenters. The highest BCUT2D eigenvalue weighted by Crippen LogP contribution is 2.42. The third kappa shape index (κ3) is 5.08. The molecule has 0 spiro atoms. The normalized spacial score (nSPS) is 14.2. The Kier molecular flexibility index (Phi) is 6.59. The fraction of sp³-hybridized carbons (Fsp3) is 0.161. The minimum absolute atomic E-state index is 0.270. The van der Waals surface area contributed by atoms with Crippen molar-refractivity contribution in [3.8, 4) is 5.88 Å². The number of aromatic nitrogens is 3. The van der Waals surface area contributed by atoms with Crippen LogP contribution in [-0.2, 0) is 23.2 Å². The number of benzene rings is 3. The van der Waals surface area contributed by atoms with E-state index in [0.29, 0.717) is 31.1 Å². The summed E-state index contributed by atoms with van der Waals surface area (Å²) in [4.78, 5) is 4.53. The van der Waals surface area contributed by atoms with Gasteiger partial charge in [0, 0.05) is 22.8 Å². The third-order valence-corrected chi connectivity index (χ3v) is 7.56. The van der Waals surface area contributed by atoms with Crippen molar-refractivity contribution >= 4 is 37.8 Å². The van der Waals surface area contributed by atoms with E-state index in [-0.39, 0.29) is 5.82 Å². The lowest BCUT2D eigenvalue weighted by Crippen LogP contribution is -2.09. The van der Waals surface area contributed by atoms with Crippen molar-refractivity contribution < 1.29 is 17.5 Å². The molecule has 1 aliphatic rings. The van der Waals surface area contributed by atoms with Crippen LogP contribution in [0.1, 0.15) is 41.2 Å². The first-order valence-electron chi connectivity index (χ1n) is 12.9. The Hall–Kier alpha value is -4.50. The predicted octanol–water partition coefficient (Wildman–Crippen LogP) is 6.25. The van der Waals surface area contributed by atoms with Crippen LogP contribution in [0.2, 0.25) is 0 Å². The largest absolute Gasteiger partial charge is 0.472 e. The van der Waals surface area contributed by atoms with E-state index in [1.807, 2.05) is 41.2 Å². The van der Waals surface area contributed by atoms with E-state index < -0.39 is 10.0 Å². The molecule has 1 aliphatic heterocycles. The minimum atomic E-state index is -3.43. The Bertz CT molecular complexity index is 1880. The molecule has 0 atom stereocenters. The van der Waals surface area contributed by atoms with E-state index in [0.717, 1.165) is 56.1 Å². The first-order chi connectivity index (χ1) is 19.3. The lowest BCUT2D eigenvalue weighted by Gasteiger charge is -2.18. The van der Waals surface area contributed by atoms with Crippen LogP contribution in [0.5, 0.6) is 5.88 Å². The van der Waals surface area contributed by atoms with Crippen molar-refractivity contribution in [3.05, 3.63) is 119 Å². The van der Waals surface area contributed by atoms with Crippen LogP contribution in [-0.4, -0.2) is 29.4 Å².